The number of likely N-dealkylation sites (N-methyl/N-ethyl adjacent to an activating group) is 1. The van der Waals surface area contributed by atoms with E-state index >= 15 is 0 Å². The Hall–Kier alpha value is -3.64. The molecule has 0 fully saturated rings. The van der Waals surface area contributed by atoms with Crippen LogP contribution in [-0.2, 0) is 4.79 Å². The molecule has 1 unspecified atom stereocenters. The summed E-state index contributed by atoms with van der Waals surface area (Å²) in [6, 6.07) is 21.0. The third kappa shape index (κ3) is 3.83. The van der Waals surface area contributed by atoms with Crippen molar-refractivity contribution in [3.63, 3.8) is 0 Å². The topological polar surface area (TPSA) is 79.0 Å². The third-order valence-electron chi connectivity index (χ3n) is 4.90. The van der Waals surface area contributed by atoms with Crippen molar-refractivity contribution in [2.24, 2.45) is 0 Å². The normalized spacial score (nSPS) is 11.9. The van der Waals surface area contributed by atoms with Gasteiger partial charge >= 0.3 is 0 Å². The Labute approximate surface area is 168 Å². The number of aromatic amines is 1. The van der Waals surface area contributed by atoms with Crippen LogP contribution in [0.1, 0.15) is 11.6 Å². The monoisotopic (exact) mass is 386 g/mol. The molecule has 1 amide bonds. The molecule has 29 heavy (non-hydrogen) atoms. The van der Waals surface area contributed by atoms with E-state index in [-0.39, 0.29) is 5.91 Å². The van der Waals surface area contributed by atoms with Gasteiger partial charge in [0.15, 0.2) is 0 Å². The molecule has 0 radical (unpaired) electrons. The fraction of sp³-hybridized carbons (Fsp3) is 0.130. The maximum absolute atomic E-state index is 12.9. The molecule has 0 aliphatic heterocycles. The van der Waals surface area contributed by atoms with Crippen LogP contribution in [0, 0.1) is 0 Å². The van der Waals surface area contributed by atoms with Gasteiger partial charge in [-0.05, 0) is 42.4 Å². The first-order chi connectivity index (χ1) is 14.2. The van der Waals surface area contributed by atoms with Crippen molar-refractivity contribution in [1.29, 1.82) is 0 Å². The lowest BCUT2D eigenvalue weighted by Crippen LogP contribution is -2.30. The Morgan fingerprint density at radius 3 is 2.66 bits per heavy atom. The summed E-state index contributed by atoms with van der Waals surface area (Å²) in [5.41, 5.74) is 4.52. The van der Waals surface area contributed by atoms with E-state index in [4.69, 9.17) is 4.74 Å². The molecule has 0 aliphatic carbocycles. The number of benzene rings is 3. The predicted molar refractivity (Wildman–Crippen MR) is 115 cm³/mol. The summed E-state index contributed by atoms with van der Waals surface area (Å²) in [6.45, 7) is 0. The van der Waals surface area contributed by atoms with Crippen LogP contribution in [0.15, 0.2) is 72.9 Å². The molecule has 0 saturated heterocycles. The molecule has 3 aromatic carbocycles. The van der Waals surface area contributed by atoms with Crippen molar-refractivity contribution in [2.75, 3.05) is 19.5 Å². The minimum absolute atomic E-state index is 0.148. The second-order valence-electron chi connectivity index (χ2n) is 6.71. The number of nitrogens with one attached hydrogen (secondary N) is 3. The minimum Gasteiger partial charge on any atom is -0.496 e. The summed E-state index contributed by atoms with van der Waals surface area (Å²) in [6.07, 6.45) is 1.73. The number of hydrogen-bond acceptors (Lipinski definition) is 4. The van der Waals surface area contributed by atoms with Crippen LogP contribution in [0.4, 0.5) is 5.69 Å². The highest BCUT2D eigenvalue weighted by Gasteiger charge is 2.21. The van der Waals surface area contributed by atoms with Gasteiger partial charge in [0.1, 0.15) is 11.8 Å². The molecular formula is C23H22N4O2. The van der Waals surface area contributed by atoms with E-state index in [1.165, 1.54) is 0 Å². The molecule has 1 heterocycles. The highest BCUT2D eigenvalue weighted by Crippen LogP contribution is 2.32. The van der Waals surface area contributed by atoms with E-state index in [1.54, 1.807) is 20.4 Å². The molecule has 0 saturated carbocycles. The number of fused-ring (bicyclic) bond motifs is 1. The molecule has 4 rings (SSSR count). The van der Waals surface area contributed by atoms with Crippen molar-refractivity contribution in [3.8, 4) is 16.9 Å². The van der Waals surface area contributed by atoms with Gasteiger partial charge in [-0.1, -0.05) is 42.5 Å². The first-order valence-corrected chi connectivity index (χ1v) is 9.34. The first-order valence-electron chi connectivity index (χ1n) is 9.34. The predicted octanol–water partition coefficient (Wildman–Crippen LogP) is 4.14. The molecule has 146 valence electrons. The van der Waals surface area contributed by atoms with E-state index < -0.39 is 6.04 Å². The number of carbonyl (C=O) groups is 1. The second kappa shape index (κ2) is 8.16. The molecular weight excluding hydrogens is 364 g/mol. The molecule has 1 atom stereocenters. The zero-order chi connectivity index (χ0) is 20.2. The Balaban J connectivity index is 1.60. The van der Waals surface area contributed by atoms with Gasteiger partial charge in [0.05, 0.1) is 18.8 Å². The second-order valence-corrected chi connectivity index (χ2v) is 6.71. The van der Waals surface area contributed by atoms with Crippen LogP contribution in [0.2, 0.25) is 0 Å². The van der Waals surface area contributed by atoms with Crippen molar-refractivity contribution in [3.05, 3.63) is 78.5 Å². The fourth-order valence-corrected chi connectivity index (χ4v) is 3.43. The Morgan fingerprint density at radius 1 is 1.07 bits per heavy atom. The van der Waals surface area contributed by atoms with Crippen LogP contribution in [-0.4, -0.2) is 30.3 Å². The zero-order valence-electron chi connectivity index (χ0n) is 16.3. The van der Waals surface area contributed by atoms with Crippen molar-refractivity contribution >= 4 is 22.5 Å². The Morgan fingerprint density at radius 2 is 1.90 bits per heavy atom. The summed E-state index contributed by atoms with van der Waals surface area (Å²) >= 11 is 0. The number of methoxy groups -OCH3 is 1. The summed E-state index contributed by atoms with van der Waals surface area (Å²) in [5.74, 6) is 0.575. The van der Waals surface area contributed by atoms with Crippen LogP contribution >= 0.6 is 0 Å². The van der Waals surface area contributed by atoms with Crippen LogP contribution < -0.4 is 15.4 Å². The lowest BCUT2D eigenvalue weighted by atomic mass is 9.99. The van der Waals surface area contributed by atoms with Gasteiger partial charge < -0.3 is 15.4 Å². The van der Waals surface area contributed by atoms with Gasteiger partial charge in [0, 0.05) is 16.6 Å². The van der Waals surface area contributed by atoms with E-state index in [0.717, 1.165) is 39.0 Å². The summed E-state index contributed by atoms with van der Waals surface area (Å²) in [7, 11) is 3.40. The van der Waals surface area contributed by atoms with Gasteiger partial charge in [-0.2, -0.15) is 5.10 Å². The van der Waals surface area contributed by atoms with Gasteiger partial charge in [-0.25, -0.2) is 0 Å². The van der Waals surface area contributed by atoms with Gasteiger partial charge in [0.2, 0.25) is 5.91 Å². The van der Waals surface area contributed by atoms with E-state index in [9.17, 15) is 4.79 Å². The molecule has 3 N–H and O–H groups in total. The van der Waals surface area contributed by atoms with Crippen molar-refractivity contribution < 1.29 is 9.53 Å². The molecule has 0 aliphatic rings. The van der Waals surface area contributed by atoms with E-state index in [2.05, 4.69) is 20.8 Å². The van der Waals surface area contributed by atoms with Crippen LogP contribution in [0.3, 0.4) is 0 Å². The lowest BCUT2D eigenvalue weighted by molar-refractivity contribution is -0.118. The largest absolute Gasteiger partial charge is 0.496 e. The number of rotatable bonds is 6. The number of anilines is 1. The molecule has 6 nitrogen and oxygen atoms in total. The highest BCUT2D eigenvalue weighted by atomic mass is 16.5. The Bertz CT molecular complexity index is 1140. The molecule has 1 aromatic heterocycles. The summed E-state index contributed by atoms with van der Waals surface area (Å²) in [4.78, 5) is 12.9. The number of ether oxygens (including phenoxy) is 1. The van der Waals surface area contributed by atoms with E-state index in [1.807, 2.05) is 66.7 Å². The molecule has 4 aromatic rings. The fourth-order valence-electron chi connectivity index (χ4n) is 3.43. The quantitative estimate of drug-likeness (QED) is 0.465. The highest BCUT2D eigenvalue weighted by molar-refractivity contribution is 5.97. The molecule has 0 bridgehead atoms. The van der Waals surface area contributed by atoms with Crippen molar-refractivity contribution in [2.45, 2.75) is 6.04 Å². The maximum Gasteiger partial charge on any atom is 0.246 e. The van der Waals surface area contributed by atoms with Gasteiger partial charge in [0.25, 0.3) is 0 Å². The van der Waals surface area contributed by atoms with Crippen molar-refractivity contribution in [1.82, 2.24) is 15.5 Å². The standard InChI is InChI=1S/C23H22N4O2/c1-24-22(23(28)26-18-9-11-20-17(12-18)14-25-27-20)16-8-10-19(21(13-16)29-2)15-6-4-3-5-7-15/h3-14,22,24H,1-2H3,(H,25,27)(H,26,28). The van der Waals surface area contributed by atoms with E-state index in [0.29, 0.717) is 0 Å². The zero-order valence-corrected chi connectivity index (χ0v) is 16.3. The Kier molecular flexibility index (Phi) is 5.27. The number of amides is 1. The average Bonchev–Trinajstić information content (AvgIpc) is 3.22. The number of hydrogen-bond donors (Lipinski definition) is 3. The maximum atomic E-state index is 12.9. The summed E-state index contributed by atoms with van der Waals surface area (Å²) < 4.78 is 5.60. The van der Waals surface area contributed by atoms with Gasteiger partial charge in [-0.3, -0.25) is 9.89 Å². The smallest absolute Gasteiger partial charge is 0.246 e. The van der Waals surface area contributed by atoms with Crippen LogP contribution in [0.25, 0.3) is 22.0 Å². The van der Waals surface area contributed by atoms with Gasteiger partial charge in [-0.15, -0.1) is 0 Å². The third-order valence-corrected chi connectivity index (χ3v) is 4.90. The number of H-pyrrole nitrogens is 1. The first kappa shape index (κ1) is 18.7. The van der Waals surface area contributed by atoms with Crippen LogP contribution in [0.5, 0.6) is 5.75 Å². The summed E-state index contributed by atoms with van der Waals surface area (Å²) in [5, 5.41) is 13.9. The lowest BCUT2D eigenvalue weighted by Gasteiger charge is -2.19. The molecule has 6 heteroatoms. The molecule has 0 spiro atoms. The number of carbonyl (C=O) groups excluding carboxylic acids is 1. The SMILES string of the molecule is CNC(C(=O)Nc1ccc2[nH]ncc2c1)c1ccc(-c2ccccc2)c(OC)c1. The number of nitrogens with zero attached hydrogens (tertiary/aromatic N) is 1. The minimum atomic E-state index is -0.520. The number of aromatic nitrogens is 2. The average molecular weight is 386 g/mol.